The number of nitrogens with two attached hydrogens (primary N) is 1. The molecule has 0 aromatic heterocycles. The SMILES string of the molecule is NS(=O)(=O)c1cc(C(=O)OCCCCCCO[N+](=O)[O-])ccc1Cl. The summed E-state index contributed by atoms with van der Waals surface area (Å²) in [4.78, 5) is 25.6. The molecular formula is C13H17ClN2O7S. The van der Waals surface area contributed by atoms with Crippen LogP contribution in [0, 0.1) is 10.1 Å². The maximum Gasteiger partial charge on any atom is 0.338 e. The van der Waals surface area contributed by atoms with Gasteiger partial charge in [-0.15, -0.1) is 10.1 Å². The van der Waals surface area contributed by atoms with Gasteiger partial charge in [0.25, 0.3) is 5.09 Å². The van der Waals surface area contributed by atoms with E-state index in [0.29, 0.717) is 25.7 Å². The first-order valence-corrected chi connectivity index (χ1v) is 8.91. The molecule has 0 heterocycles. The number of primary sulfonamides is 1. The summed E-state index contributed by atoms with van der Waals surface area (Å²) in [6.07, 6.45) is 2.50. The molecule has 0 atom stereocenters. The zero-order chi connectivity index (χ0) is 18.2. The van der Waals surface area contributed by atoms with Crippen LogP contribution < -0.4 is 5.14 Å². The Labute approximate surface area is 143 Å². The second-order valence-electron chi connectivity index (χ2n) is 4.80. The molecule has 0 aliphatic heterocycles. The Hall–Kier alpha value is -1.91. The van der Waals surface area contributed by atoms with E-state index in [1.165, 1.54) is 12.1 Å². The topological polar surface area (TPSA) is 139 Å². The van der Waals surface area contributed by atoms with Gasteiger partial charge in [0.1, 0.15) is 4.90 Å². The van der Waals surface area contributed by atoms with Gasteiger partial charge in [-0.2, -0.15) is 0 Å². The summed E-state index contributed by atoms with van der Waals surface area (Å²) in [5.74, 6) is -0.687. The van der Waals surface area contributed by atoms with Crippen molar-refractivity contribution < 1.29 is 27.9 Å². The number of esters is 1. The highest BCUT2D eigenvalue weighted by Crippen LogP contribution is 2.21. The van der Waals surface area contributed by atoms with Crippen LogP contribution in [0.15, 0.2) is 23.1 Å². The summed E-state index contributed by atoms with van der Waals surface area (Å²) in [7, 11) is -4.03. The number of hydrogen-bond acceptors (Lipinski definition) is 7. The minimum atomic E-state index is -4.03. The Morgan fingerprint density at radius 2 is 1.83 bits per heavy atom. The number of carbonyl (C=O) groups excluding carboxylic acids is 1. The summed E-state index contributed by atoms with van der Waals surface area (Å²) >= 11 is 5.73. The Kier molecular flexibility index (Phi) is 7.89. The van der Waals surface area contributed by atoms with Gasteiger partial charge in [-0.3, -0.25) is 0 Å². The molecule has 9 nitrogen and oxygen atoms in total. The van der Waals surface area contributed by atoms with E-state index in [1.807, 2.05) is 0 Å². The van der Waals surface area contributed by atoms with Gasteiger partial charge in [0, 0.05) is 0 Å². The quantitative estimate of drug-likeness (QED) is 0.283. The van der Waals surface area contributed by atoms with Gasteiger partial charge in [-0.05, 0) is 37.5 Å². The minimum Gasteiger partial charge on any atom is -0.462 e. The maximum atomic E-state index is 11.8. The number of benzene rings is 1. The van der Waals surface area contributed by atoms with E-state index < -0.39 is 21.1 Å². The molecule has 0 amide bonds. The van der Waals surface area contributed by atoms with E-state index >= 15 is 0 Å². The number of nitrogens with zero attached hydrogens (tertiary/aromatic N) is 1. The fraction of sp³-hybridized carbons (Fsp3) is 0.462. The number of halogens is 1. The normalized spacial score (nSPS) is 11.1. The van der Waals surface area contributed by atoms with Gasteiger partial charge in [0.05, 0.1) is 23.8 Å². The van der Waals surface area contributed by atoms with Crippen LogP contribution in [0.1, 0.15) is 36.0 Å². The Morgan fingerprint density at radius 3 is 2.42 bits per heavy atom. The molecule has 24 heavy (non-hydrogen) atoms. The number of rotatable bonds is 10. The first kappa shape index (κ1) is 20.1. The molecule has 0 aliphatic carbocycles. The van der Waals surface area contributed by atoms with Gasteiger partial charge in [-0.25, -0.2) is 18.4 Å². The van der Waals surface area contributed by atoms with E-state index in [4.69, 9.17) is 21.5 Å². The summed E-state index contributed by atoms with van der Waals surface area (Å²) in [5, 5.41) is 14.0. The average molecular weight is 381 g/mol. The first-order chi connectivity index (χ1) is 11.2. The molecule has 134 valence electrons. The molecule has 0 saturated heterocycles. The van der Waals surface area contributed by atoms with Gasteiger partial charge in [0.15, 0.2) is 0 Å². The molecule has 0 radical (unpaired) electrons. The number of hydrogen-bond donors (Lipinski definition) is 1. The van der Waals surface area contributed by atoms with E-state index in [0.717, 1.165) is 6.07 Å². The zero-order valence-electron chi connectivity index (χ0n) is 12.6. The number of carbonyl (C=O) groups is 1. The van der Waals surface area contributed by atoms with Crippen LogP contribution in [0.25, 0.3) is 0 Å². The Morgan fingerprint density at radius 1 is 1.21 bits per heavy atom. The van der Waals surface area contributed by atoms with Crippen molar-refractivity contribution in [3.63, 3.8) is 0 Å². The molecule has 0 fully saturated rings. The molecular weight excluding hydrogens is 364 g/mol. The first-order valence-electron chi connectivity index (χ1n) is 6.98. The molecule has 0 unspecified atom stereocenters. The zero-order valence-corrected chi connectivity index (χ0v) is 14.2. The third kappa shape index (κ3) is 7.11. The largest absolute Gasteiger partial charge is 0.462 e. The maximum absolute atomic E-state index is 11.8. The molecule has 1 aromatic rings. The third-order valence-corrected chi connectivity index (χ3v) is 4.33. The van der Waals surface area contributed by atoms with E-state index in [2.05, 4.69) is 4.84 Å². The summed E-state index contributed by atoms with van der Waals surface area (Å²) in [6, 6.07) is 3.66. The van der Waals surface area contributed by atoms with Crippen molar-refractivity contribution in [1.82, 2.24) is 0 Å². The highest BCUT2D eigenvalue weighted by atomic mass is 35.5. The van der Waals surface area contributed by atoms with Crippen LogP contribution in [0.4, 0.5) is 0 Å². The van der Waals surface area contributed by atoms with Crippen molar-refractivity contribution in [3.8, 4) is 0 Å². The minimum absolute atomic E-state index is 0.0304. The average Bonchev–Trinajstić information content (AvgIpc) is 2.48. The smallest absolute Gasteiger partial charge is 0.338 e. The molecule has 1 aromatic carbocycles. The van der Waals surface area contributed by atoms with Crippen LogP contribution in [-0.2, 0) is 19.6 Å². The van der Waals surface area contributed by atoms with Gasteiger partial charge in [0.2, 0.25) is 10.0 Å². The number of unbranched alkanes of at least 4 members (excludes halogenated alkanes) is 3. The lowest BCUT2D eigenvalue weighted by Gasteiger charge is -2.07. The molecule has 0 saturated carbocycles. The second-order valence-corrected chi connectivity index (χ2v) is 6.73. The Bertz CT molecular complexity index is 694. The molecule has 0 bridgehead atoms. The van der Waals surface area contributed by atoms with Crippen molar-refractivity contribution in [1.29, 1.82) is 0 Å². The van der Waals surface area contributed by atoms with Gasteiger partial charge in [-0.1, -0.05) is 18.0 Å². The van der Waals surface area contributed by atoms with Crippen LogP contribution in [-0.4, -0.2) is 32.7 Å². The fourth-order valence-electron chi connectivity index (χ4n) is 1.79. The van der Waals surface area contributed by atoms with Crippen LogP contribution in [0.5, 0.6) is 0 Å². The monoisotopic (exact) mass is 380 g/mol. The summed E-state index contributed by atoms with van der Waals surface area (Å²) < 4.78 is 27.7. The van der Waals surface area contributed by atoms with E-state index in [9.17, 15) is 23.3 Å². The van der Waals surface area contributed by atoms with Crippen molar-refractivity contribution in [2.24, 2.45) is 5.14 Å². The summed E-state index contributed by atoms with van der Waals surface area (Å²) in [5.41, 5.74) is 0.0304. The molecule has 2 N–H and O–H groups in total. The van der Waals surface area contributed by atoms with Crippen LogP contribution in [0.3, 0.4) is 0 Å². The van der Waals surface area contributed by atoms with Gasteiger partial charge < -0.3 is 9.57 Å². The molecule has 0 aliphatic rings. The lowest BCUT2D eigenvalue weighted by Crippen LogP contribution is -2.14. The molecule has 1 rings (SSSR count). The predicted octanol–water partition coefficient (Wildman–Crippen LogP) is 1.91. The lowest BCUT2D eigenvalue weighted by molar-refractivity contribution is -0.757. The van der Waals surface area contributed by atoms with Crippen molar-refractivity contribution >= 4 is 27.6 Å². The van der Waals surface area contributed by atoms with E-state index in [-0.39, 0.29) is 28.7 Å². The second kappa shape index (κ2) is 9.40. The van der Waals surface area contributed by atoms with Gasteiger partial charge >= 0.3 is 5.97 Å². The van der Waals surface area contributed by atoms with Crippen molar-refractivity contribution in [2.45, 2.75) is 30.6 Å². The van der Waals surface area contributed by atoms with E-state index in [1.54, 1.807) is 0 Å². The highest BCUT2D eigenvalue weighted by Gasteiger charge is 2.17. The summed E-state index contributed by atoms with van der Waals surface area (Å²) in [6.45, 7) is 0.177. The number of sulfonamides is 1. The van der Waals surface area contributed by atoms with Crippen molar-refractivity contribution in [2.75, 3.05) is 13.2 Å². The molecule has 11 heteroatoms. The fourth-order valence-corrected chi connectivity index (χ4v) is 2.86. The lowest BCUT2D eigenvalue weighted by atomic mass is 10.2. The highest BCUT2D eigenvalue weighted by molar-refractivity contribution is 7.89. The van der Waals surface area contributed by atoms with Crippen LogP contribution >= 0.6 is 11.6 Å². The standard InChI is InChI=1S/C13H17ClN2O7S/c14-11-6-5-10(9-12(11)24(15,20)21)13(17)22-7-3-1-2-4-8-23-16(18)19/h5-6,9H,1-4,7-8H2,(H2,15,20,21). The Balaban J connectivity index is 2.37. The van der Waals surface area contributed by atoms with Crippen molar-refractivity contribution in [3.05, 3.63) is 38.9 Å². The number of ether oxygens (including phenoxy) is 1. The van der Waals surface area contributed by atoms with Crippen LogP contribution in [0.2, 0.25) is 5.02 Å². The molecule has 0 spiro atoms. The predicted molar refractivity (Wildman–Crippen MR) is 84.5 cm³/mol. The third-order valence-electron chi connectivity index (χ3n) is 2.94.